The first-order chi connectivity index (χ1) is 16.0. The minimum absolute atomic E-state index is 0.240. The zero-order chi connectivity index (χ0) is 23.1. The van der Waals surface area contributed by atoms with Crippen molar-refractivity contribution in [2.24, 2.45) is 0 Å². The number of amides is 3. The van der Waals surface area contributed by atoms with E-state index in [1.165, 1.54) is 0 Å². The molecule has 2 aliphatic rings. The maximum atomic E-state index is 13.4. The largest absolute Gasteiger partial charge is 0.497 e. The third-order valence-corrected chi connectivity index (χ3v) is 6.86. The molecule has 0 spiro atoms. The number of fused-ring (bicyclic) bond motifs is 2. The highest BCUT2D eigenvalue weighted by Crippen LogP contribution is 2.33. The minimum Gasteiger partial charge on any atom is -0.497 e. The van der Waals surface area contributed by atoms with Crippen molar-refractivity contribution in [2.75, 3.05) is 19.0 Å². The molecule has 2 aromatic carbocycles. The summed E-state index contributed by atoms with van der Waals surface area (Å²) in [4.78, 5) is 41.1. The van der Waals surface area contributed by atoms with E-state index in [-0.39, 0.29) is 17.7 Å². The van der Waals surface area contributed by atoms with Crippen molar-refractivity contribution in [3.05, 3.63) is 58.6 Å². The molecule has 1 aromatic heterocycles. The SMILES string of the molecule is COc1ccc(-c2ccc3c(c2)C(=O)N2CC[C@H](NC(=O)c4snnc4C)[C@H]2C(=O)N3)cc1. The van der Waals surface area contributed by atoms with Crippen molar-refractivity contribution in [1.82, 2.24) is 19.8 Å². The summed E-state index contributed by atoms with van der Waals surface area (Å²) in [5.41, 5.74) is 3.21. The van der Waals surface area contributed by atoms with Gasteiger partial charge in [0.15, 0.2) is 0 Å². The molecule has 3 aromatic rings. The van der Waals surface area contributed by atoms with E-state index < -0.39 is 12.1 Å². The van der Waals surface area contributed by atoms with Crippen molar-refractivity contribution >= 4 is 34.9 Å². The number of ether oxygens (including phenoxy) is 1. The van der Waals surface area contributed by atoms with Crippen LogP contribution in [0, 0.1) is 6.92 Å². The number of methoxy groups -OCH3 is 1. The normalized spacial score (nSPS) is 19.4. The Labute approximate surface area is 193 Å². The highest BCUT2D eigenvalue weighted by atomic mass is 32.1. The lowest BCUT2D eigenvalue weighted by molar-refractivity contribution is -0.120. The van der Waals surface area contributed by atoms with E-state index in [9.17, 15) is 14.4 Å². The Morgan fingerprint density at radius 1 is 1.18 bits per heavy atom. The third-order valence-electron chi connectivity index (χ3n) is 6.03. The van der Waals surface area contributed by atoms with E-state index in [1.54, 1.807) is 31.1 Å². The number of carbonyl (C=O) groups is 3. The highest BCUT2D eigenvalue weighted by Gasteiger charge is 2.45. The summed E-state index contributed by atoms with van der Waals surface area (Å²) in [5, 5.41) is 9.64. The van der Waals surface area contributed by atoms with Gasteiger partial charge < -0.3 is 20.3 Å². The van der Waals surface area contributed by atoms with Gasteiger partial charge in [0.25, 0.3) is 11.8 Å². The zero-order valence-electron chi connectivity index (χ0n) is 18.0. The van der Waals surface area contributed by atoms with Crippen LogP contribution in [0.1, 0.15) is 32.1 Å². The smallest absolute Gasteiger partial charge is 0.265 e. The molecule has 3 amide bonds. The standard InChI is InChI=1S/C23H21N5O4S/c1-12-20(33-27-26-12)22(30)25-18-9-10-28-19(18)21(29)24-17-8-5-14(11-16(17)23(28)31)13-3-6-15(32-2)7-4-13/h3-8,11,18-19H,9-10H2,1-2H3,(H,24,29)(H,25,30)/t18-,19-/m0/s1. The van der Waals surface area contributed by atoms with Gasteiger partial charge in [-0.2, -0.15) is 0 Å². The fourth-order valence-electron chi connectivity index (χ4n) is 4.32. The van der Waals surface area contributed by atoms with Gasteiger partial charge in [-0.05, 0) is 60.3 Å². The van der Waals surface area contributed by atoms with Crippen molar-refractivity contribution in [1.29, 1.82) is 0 Å². The Morgan fingerprint density at radius 3 is 2.64 bits per heavy atom. The number of aromatic nitrogens is 2. The summed E-state index contributed by atoms with van der Waals surface area (Å²) < 4.78 is 9.00. The molecule has 2 aliphatic heterocycles. The van der Waals surface area contributed by atoms with E-state index in [0.29, 0.717) is 34.8 Å². The molecular weight excluding hydrogens is 442 g/mol. The average Bonchev–Trinajstić information content (AvgIpc) is 3.42. The molecule has 9 nitrogen and oxygen atoms in total. The molecule has 10 heteroatoms. The Morgan fingerprint density at radius 2 is 1.94 bits per heavy atom. The van der Waals surface area contributed by atoms with Gasteiger partial charge in [-0.3, -0.25) is 14.4 Å². The van der Waals surface area contributed by atoms with Crippen LogP contribution in [-0.2, 0) is 4.79 Å². The molecule has 0 bridgehead atoms. The van der Waals surface area contributed by atoms with Gasteiger partial charge in [-0.25, -0.2) is 0 Å². The molecule has 0 saturated carbocycles. The first kappa shape index (κ1) is 21.1. The molecule has 1 fully saturated rings. The number of hydrogen-bond acceptors (Lipinski definition) is 7. The fourth-order valence-corrected chi connectivity index (χ4v) is 4.88. The number of carbonyl (C=O) groups excluding carboxylic acids is 3. The number of aryl methyl sites for hydroxylation is 1. The van der Waals surface area contributed by atoms with Crippen molar-refractivity contribution in [2.45, 2.75) is 25.4 Å². The second kappa shape index (κ2) is 8.28. The number of rotatable bonds is 4. The van der Waals surface area contributed by atoms with E-state index in [1.807, 2.05) is 30.3 Å². The Bertz CT molecular complexity index is 1260. The van der Waals surface area contributed by atoms with Crippen LogP contribution in [0.2, 0.25) is 0 Å². The monoisotopic (exact) mass is 463 g/mol. The lowest BCUT2D eigenvalue weighted by Gasteiger charge is -2.24. The number of benzene rings is 2. The first-order valence-electron chi connectivity index (χ1n) is 10.5. The maximum absolute atomic E-state index is 13.4. The van der Waals surface area contributed by atoms with Gasteiger partial charge in [-0.1, -0.05) is 22.7 Å². The predicted molar refractivity (Wildman–Crippen MR) is 122 cm³/mol. The lowest BCUT2D eigenvalue weighted by atomic mass is 10.0. The van der Waals surface area contributed by atoms with Crippen molar-refractivity contribution < 1.29 is 19.1 Å². The topological polar surface area (TPSA) is 114 Å². The van der Waals surface area contributed by atoms with Gasteiger partial charge in [0, 0.05) is 6.54 Å². The van der Waals surface area contributed by atoms with Gasteiger partial charge in [0.1, 0.15) is 16.7 Å². The van der Waals surface area contributed by atoms with Crippen LogP contribution in [-0.4, -0.2) is 57.9 Å². The number of nitrogens with zero attached hydrogens (tertiary/aromatic N) is 3. The van der Waals surface area contributed by atoms with Gasteiger partial charge in [0.05, 0.1) is 30.1 Å². The Balaban J connectivity index is 1.42. The molecule has 168 valence electrons. The van der Waals surface area contributed by atoms with E-state index in [4.69, 9.17) is 4.74 Å². The van der Waals surface area contributed by atoms with E-state index >= 15 is 0 Å². The molecular formula is C23H21N5O4S. The Kier molecular flexibility index (Phi) is 5.29. The number of hydrogen-bond donors (Lipinski definition) is 2. The van der Waals surface area contributed by atoms with E-state index in [0.717, 1.165) is 28.4 Å². The predicted octanol–water partition coefficient (Wildman–Crippen LogP) is 2.49. The molecule has 33 heavy (non-hydrogen) atoms. The van der Waals surface area contributed by atoms with Crippen LogP contribution in [0.5, 0.6) is 5.75 Å². The molecule has 3 heterocycles. The van der Waals surface area contributed by atoms with Crippen LogP contribution in [0.15, 0.2) is 42.5 Å². The lowest BCUT2D eigenvalue weighted by Crippen LogP contribution is -2.51. The van der Waals surface area contributed by atoms with Crippen molar-refractivity contribution in [3.63, 3.8) is 0 Å². The number of anilines is 1. The van der Waals surface area contributed by atoms with Crippen LogP contribution in [0.3, 0.4) is 0 Å². The fraction of sp³-hybridized carbons (Fsp3) is 0.261. The van der Waals surface area contributed by atoms with Gasteiger partial charge in [0.2, 0.25) is 5.91 Å². The molecule has 2 N–H and O–H groups in total. The molecule has 0 unspecified atom stereocenters. The van der Waals surface area contributed by atoms with Gasteiger partial charge in [-0.15, -0.1) is 5.10 Å². The summed E-state index contributed by atoms with van der Waals surface area (Å²) in [6, 6.07) is 11.7. The first-order valence-corrected chi connectivity index (χ1v) is 11.2. The molecule has 1 saturated heterocycles. The van der Waals surface area contributed by atoms with Crippen molar-refractivity contribution in [3.8, 4) is 16.9 Å². The third kappa shape index (κ3) is 3.72. The quantitative estimate of drug-likeness (QED) is 0.615. The zero-order valence-corrected chi connectivity index (χ0v) is 18.8. The molecule has 2 atom stereocenters. The molecule has 5 rings (SSSR count). The molecule has 0 radical (unpaired) electrons. The summed E-state index contributed by atoms with van der Waals surface area (Å²) in [5.74, 6) is -0.148. The highest BCUT2D eigenvalue weighted by molar-refractivity contribution is 7.08. The minimum atomic E-state index is -0.792. The number of nitrogens with one attached hydrogen (secondary N) is 2. The molecule has 0 aliphatic carbocycles. The Hall–Kier alpha value is -3.79. The second-order valence-corrected chi connectivity index (χ2v) is 8.73. The van der Waals surface area contributed by atoms with E-state index in [2.05, 4.69) is 20.2 Å². The summed E-state index contributed by atoms with van der Waals surface area (Å²) in [7, 11) is 1.61. The maximum Gasteiger partial charge on any atom is 0.265 e. The summed E-state index contributed by atoms with van der Waals surface area (Å²) in [6.45, 7) is 2.08. The van der Waals surface area contributed by atoms with Crippen LogP contribution in [0.25, 0.3) is 11.1 Å². The summed E-state index contributed by atoms with van der Waals surface area (Å²) >= 11 is 1.01. The van der Waals surface area contributed by atoms with Gasteiger partial charge >= 0.3 is 0 Å². The van der Waals surface area contributed by atoms with Crippen LogP contribution < -0.4 is 15.4 Å². The average molecular weight is 464 g/mol. The van der Waals surface area contributed by atoms with Crippen LogP contribution >= 0.6 is 11.5 Å². The van der Waals surface area contributed by atoms with Crippen LogP contribution in [0.4, 0.5) is 5.69 Å². The summed E-state index contributed by atoms with van der Waals surface area (Å²) in [6.07, 6.45) is 0.481. The second-order valence-electron chi connectivity index (χ2n) is 7.98.